The van der Waals surface area contributed by atoms with Crippen LogP contribution in [0.3, 0.4) is 0 Å². The van der Waals surface area contributed by atoms with E-state index in [0.29, 0.717) is 19.5 Å². The molecule has 0 aromatic carbocycles. The largest absolute Gasteiger partial charge is 0.711 e. The first-order valence-corrected chi connectivity index (χ1v) is 8.33. The van der Waals surface area contributed by atoms with Gasteiger partial charge >= 0.3 is 0 Å². The van der Waals surface area contributed by atoms with Crippen LogP contribution in [0.25, 0.3) is 4.85 Å². The molecule has 24 heavy (non-hydrogen) atoms. The first kappa shape index (κ1) is 20.0. The molecule has 0 fully saturated rings. The van der Waals surface area contributed by atoms with E-state index in [4.69, 9.17) is 6.57 Å². The molecular formula is C13H8Br3N7O. The summed E-state index contributed by atoms with van der Waals surface area (Å²) in [5, 5.41) is 10.3. The molecule has 0 bridgehead atoms. The lowest BCUT2D eigenvalue weighted by Gasteiger charge is -1.94. The Morgan fingerprint density at radius 2 is 1.54 bits per heavy atom. The quantitative estimate of drug-likeness (QED) is 0.257. The van der Waals surface area contributed by atoms with Crippen LogP contribution in [0.15, 0.2) is 63.4 Å². The van der Waals surface area contributed by atoms with Gasteiger partial charge in [-0.05, 0) is 31.9 Å². The second-order valence-corrected chi connectivity index (χ2v) is 6.32. The van der Waals surface area contributed by atoms with Gasteiger partial charge in [-0.3, -0.25) is 0 Å². The molecular weight excluding hydrogens is 510 g/mol. The molecule has 122 valence electrons. The second kappa shape index (κ2) is 11.5. The van der Waals surface area contributed by atoms with Crippen LogP contribution in [0.4, 0.5) is 5.82 Å². The normalized spacial score (nSPS) is 8.75. The van der Waals surface area contributed by atoms with Crippen molar-refractivity contribution in [2.45, 2.75) is 0 Å². The Labute approximate surface area is 162 Å². The first-order chi connectivity index (χ1) is 11.5. The summed E-state index contributed by atoms with van der Waals surface area (Å²) in [7, 11) is 0. The van der Waals surface area contributed by atoms with Gasteiger partial charge in [0.25, 0.3) is 12.1 Å². The van der Waals surface area contributed by atoms with Gasteiger partial charge in [0.05, 0.1) is 8.95 Å². The molecule has 3 aromatic heterocycles. The van der Waals surface area contributed by atoms with Crippen LogP contribution >= 0.6 is 47.8 Å². The fraction of sp³-hybridized carbons (Fsp3) is 0. The third kappa shape index (κ3) is 8.56. The summed E-state index contributed by atoms with van der Waals surface area (Å²) in [4.78, 5) is 21.5. The van der Waals surface area contributed by atoms with E-state index in [0.717, 1.165) is 4.47 Å². The SMILES string of the molecule is Brc1cncnc1.[C-]#[N+]c1ncncc1Br.[O-][n+]1cncc(Br)c1. The van der Waals surface area contributed by atoms with Gasteiger partial charge in [0, 0.05) is 18.6 Å². The number of rotatable bonds is 0. The summed E-state index contributed by atoms with van der Waals surface area (Å²) in [5.41, 5.74) is 0. The first-order valence-electron chi connectivity index (χ1n) is 5.95. The zero-order valence-corrected chi connectivity index (χ0v) is 16.5. The van der Waals surface area contributed by atoms with Crippen LogP contribution in [0.1, 0.15) is 0 Å². The number of aromatic nitrogens is 6. The van der Waals surface area contributed by atoms with Crippen LogP contribution in [0.5, 0.6) is 0 Å². The molecule has 0 N–H and O–H groups in total. The van der Waals surface area contributed by atoms with Gasteiger partial charge in [-0.15, -0.1) is 4.98 Å². The van der Waals surface area contributed by atoms with E-state index < -0.39 is 0 Å². The highest BCUT2D eigenvalue weighted by Gasteiger charge is 1.96. The minimum absolute atomic E-state index is 0.352. The third-order valence-corrected chi connectivity index (χ3v) is 3.29. The number of hydrogen-bond donors (Lipinski definition) is 0. The van der Waals surface area contributed by atoms with E-state index in [2.05, 4.69) is 77.6 Å². The van der Waals surface area contributed by atoms with Gasteiger partial charge in [-0.1, -0.05) is 27.5 Å². The van der Waals surface area contributed by atoms with Gasteiger partial charge in [-0.25, -0.2) is 19.7 Å². The molecule has 0 radical (unpaired) electrons. The van der Waals surface area contributed by atoms with Gasteiger partial charge in [0.15, 0.2) is 6.20 Å². The molecule has 3 rings (SSSR count). The van der Waals surface area contributed by atoms with Crippen molar-refractivity contribution in [3.8, 4) is 0 Å². The average molecular weight is 518 g/mol. The van der Waals surface area contributed by atoms with E-state index in [9.17, 15) is 5.21 Å². The van der Waals surface area contributed by atoms with E-state index in [-0.39, 0.29) is 0 Å². The van der Waals surface area contributed by atoms with Gasteiger partial charge in [0.1, 0.15) is 17.0 Å². The van der Waals surface area contributed by atoms with Crippen molar-refractivity contribution >= 4 is 53.6 Å². The van der Waals surface area contributed by atoms with Crippen molar-refractivity contribution in [2.24, 2.45) is 0 Å². The fourth-order valence-corrected chi connectivity index (χ4v) is 1.89. The lowest BCUT2D eigenvalue weighted by Crippen LogP contribution is -2.24. The smallest absolute Gasteiger partial charge is 0.289 e. The summed E-state index contributed by atoms with van der Waals surface area (Å²) in [6, 6.07) is 0. The van der Waals surface area contributed by atoms with Crippen LogP contribution in [0.2, 0.25) is 0 Å². The van der Waals surface area contributed by atoms with Crippen molar-refractivity contribution in [1.82, 2.24) is 24.9 Å². The van der Waals surface area contributed by atoms with Gasteiger partial charge in [0.2, 0.25) is 6.33 Å². The monoisotopic (exact) mass is 515 g/mol. The standard InChI is InChI=1S/C5H2BrN3.C4H3BrN2O.C4H3BrN2/c1-7-5-4(6)2-8-3-9-5;5-4-1-6-3-7(8)2-4;5-4-1-6-3-7-2-4/h2-3H;1-3H;1-3H. The fourth-order valence-electron chi connectivity index (χ4n) is 1.03. The van der Waals surface area contributed by atoms with E-state index in [1.165, 1.54) is 25.2 Å². The van der Waals surface area contributed by atoms with Crippen molar-refractivity contribution in [3.63, 3.8) is 0 Å². The van der Waals surface area contributed by atoms with Crippen molar-refractivity contribution in [3.05, 3.63) is 80.0 Å². The summed E-state index contributed by atoms with van der Waals surface area (Å²) >= 11 is 9.38. The molecule has 8 nitrogen and oxygen atoms in total. The summed E-state index contributed by atoms with van der Waals surface area (Å²) in [5.74, 6) is 0.352. The lowest BCUT2D eigenvalue weighted by molar-refractivity contribution is -0.609. The molecule has 3 heterocycles. The summed E-state index contributed by atoms with van der Waals surface area (Å²) in [6.07, 6.45) is 11.9. The Morgan fingerprint density at radius 1 is 0.917 bits per heavy atom. The maximum atomic E-state index is 10.3. The third-order valence-electron chi connectivity index (χ3n) is 1.91. The minimum atomic E-state index is 0.352. The Hall–Kier alpha value is -2.03. The average Bonchev–Trinajstić information content (AvgIpc) is 2.57. The van der Waals surface area contributed by atoms with Crippen LogP contribution in [-0.4, -0.2) is 24.9 Å². The number of halogens is 3. The molecule has 0 aliphatic heterocycles. The molecule has 0 aliphatic rings. The van der Waals surface area contributed by atoms with E-state index in [1.807, 2.05) is 0 Å². The predicted octanol–water partition coefficient (Wildman–Crippen LogP) is 3.51. The molecule has 3 aromatic rings. The maximum absolute atomic E-state index is 10.3. The Balaban J connectivity index is 0.000000181. The van der Waals surface area contributed by atoms with Crippen molar-refractivity contribution < 1.29 is 4.73 Å². The zero-order valence-electron chi connectivity index (χ0n) is 11.8. The second-order valence-electron chi connectivity index (χ2n) is 3.63. The van der Waals surface area contributed by atoms with Crippen LogP contribution in [0, 0.1) is 11.8 Å². The Kier molecular flexibility index (Phi) is 9.59. The summed E-state index contributed by atoms with van der Waals surface area (Å²) in [6.45, 7) is 6.59. The number of hydrogen-bond acceptors (Lipinski definition) is 6. The van der Waals surface area contributed by atoms with Gasteiger partial charge in [-0.2, -0.15) is 0 Å². The van der Waals surface area contributed by atoms with Gasteiger partial charge < -0.3 is 10.1 Å². The number of nitrogens with zero attached hydrogens (tertiary/aromatic N) is 7. The molecule has 11 heteroatoms. The highest BCUT2D eigenvalue weighted by molar-refractivity contribution is 9.11. The topological polar surface area (TPSA) is 95.8 Å². The predicted molar refractivity (Wildman–Crippen MR) is 96.6 cm³/mol. The summed E-state index contributed by atoms with van der Waals surface area (Å²) < 4.78 is 2.87. The van der Waals surface area contributed by atoms with Crippen LogP contribution in [-0.2, 0) is 0 Å². The molecule has 0 unspecified atom stereocenters. The molecule has 0 spiro atoms. The molecule has 0 atom stereocenters. The Morgan fingerprint density at radius 3 is 1.92 bits per heavy atom. The maximum Gasteiger partial charge on any atom is 0.289 e. The Bertz CT molecular complexity index is 782. The zero-order chi connectivity index (χ0) is 17.8. The lowest BCUT2D eigenvalue weighted by atomic mass is 10.6. The molecule has 0 aliphatic carbocycles. The van der Waals surface area contributed by atoms with Crippen molar-refractivity contribution in [2.75, 3.05) is 0 Å². The van der Waals surface area contributed by atoms with Crippen molar-refractivity contribution in [1.29, 1.82) is 0 Å². The highest BCUT2D eigenvalue weighted by atomic mass is 79.9. The minimum Gasteiger partial charge on any atom is -0.711 e. The van der Waals surface area contributed by atoms with E-state index >= 15 is 0 Å². The molecule has 0 saturated carbocycles. The van der Waals surface area contributed by atoms with Crippen LogP contribution < -0.4 is 4.73 Å². The molecule has 0 saturated heterocycles. The van der Waals surface area contributed by atoms with E-state index in [1.54, 1.807) is 24.8 Å². The molecule has 0 amide bonds. The highest BCUT2D eigenvalue weighted by Crippen LogP contribution is 2.19.